The minimum absolute atomic E-state index is 0.351. The Hall–Kier alpha value is -1.88. The summed E-state index contributed by atoms with van der Waals surface area (Å²) in [4.78, 5) is -0.351. The van der Waals surface area contributed by atoms with Gasteiger partial charge in [-0.1, -0.05) is 24.3 Å². The molecule has 1 N–H and O–H groups in total. The maximum Gasteiger partial charge on any atom is 0.264 e. The van der Waals surface area contributed by atoms with Crippen LogP contribution in [0.4, 0.5) is 10.1 Å². The molecular weight excluding hydrogens is 265 g/mol. The van der Waals surface area contributed by atoms with Gasteiger partial charge in [0.05, 0.1) is 5.69 Å². The maximum atomic E-state index is 13.5. The van der Waals surface area contributed by atoms with Gasteiger partial charge in [0.15, 0.2) is 0 Å². The highest BCUT2D eigenvalue weighted by Crippen LogP contribution is 2.23. The fraction of sp³-hybridized carbons (Fsp3) is 0.143. The van der Waals surface area contributed by atoms with Crippen LogP contribution < -0.4 is 4.72 Å². The SMILES string of the molecule is Cc1cccc(NS(=O)(=O)c2ccccc2F)c1C. The second kappa shape index (κ2) is 5.01. The van der Waals surface area contributed by atoms with Gasteiger partial charge in [-0.15, -0.1) is 0 Å². The van der Waals surface area contributed by atoms with Gasteiger partial charge in [0.25, 0.3) is 10.0 Å². The summed E-state index contributed by atoms with van der Waals surface area (Å²) in [7, 11) is -3.91. The predicted molar refractivity (Wildman–Crippen MR) is 73.1 cm³/mol. The second-order valence-corrected chi connectivity index (χ2v) is 5.93. The van der Waals surface area contributed by atoms with E-state index in [1.807, 2.05) is 19.9 Å². The molecular formula is C14H14FNO2S. The predicted octanol–water partition coefficient (Wildman–Crippen LogP) is 3.24. The molecule has 0 spiro atoms. The number of aryl methyl sites for hydroxylation is 1. The van der Waals surface area contributed by atoms with Crippen molar-refractivity contribution in [1.29, 1.82) is 0 Å². The molecule has 0 heterocycles. The summed E-state index contributed by atoms with van der Waals surface area (Å²) in [6, 6.07) is 10.6. The van der Waals surface area contributed by atoms with Crippen LogP contribution in [0.5, 0.6) is 0 Å². The summed E-state index contributed by atoms with van der Waals surface area (Å²) < 4.78 is 40.2. The third kappa shape index (κ3) is 2.76. The molecule has 0 aromatic heterocycles. The molecule has 2 rings (SSSR count). The molecule has 0 unspecified atom stereocenters. The molecule has 0 aliphatic heterocycles. The van der Waals surface area contributed by atoms with Gasteiger partial charge in [-0.05, 0) is 43.2 Å². The molecule has 5 heteroatoms. The van der Waals surface area contributed by atoms with E-state index in [0.29, 0.717) is 5.69 Å². The van der Waals surface area contributed by atoms with Gasteiger partial charge in [-0.25, -0.2) is 12.8 Å². The zero-order valence-electron chi connectivity index (χ0n) is 10.6. The van der Waals surface area contributed by atoms with Gasteiger partial charge < -0.3 is 0 Å². The van der Waals surface area contributed by atoms with E-state index in [4.69, 9.17) is 0 Å². The molecule has 19 heavy (non-hydrogen) atoms. The third-order valence-electron chi connectivity index (χ3n) is 2.98. The van der Waals surface area contributed by atoms with Gasteiger partial charge in [0, 0.05) is 0 Å². The maximum absolute atomic E-state index is 13.5. The highest BCUT2D eigenvalue weighted by atomic mass is 32.2. The Morgan fingerprint density at radius 2 is 1.68 bits per heavy atom. The first kappa shape index (κ1) is 13.5. The monoisotopic (exact) mass is 279 g/mol. The van der Waals surface area contributed by atoms with Crippen molar-refractivity contribution in [1.82, 2.24) is 0 Å². The molecule has 3 nitrogen and oxygen atoms in total. The summed E-state index contributed by atoms with van der Waals surface area (Å²) in [6.45, 7) is 3.70. The number of halogens is 1. The molecule has 2 aromatic carbocycles. The highest BCUT2D eigenvalue weighted by Gasteiger charge is 2.19. The Kier molecular flexibility index (Phi) is 3.57. The van der Waals surface area contributed by atoms with Crippen LogP contribution >= 0.6 is 0 Å². The smallest absolute Gasteiger partial charge is 0.264 e. The van der Waals surface area contributed by atoms with Crippen molar-refractivity contribution in [3.63, 3.8) is 0 Å². The van der Waals surface area contributed by atoms with E-state index in [1.165, 1.54) is 18.2 Å². The minimum atomic E-state index is -3.91. The van der Waals surface area contributed by atoms with Crippen molar-refractivity contribution < 1.29 is 12.8 Å². The molecule has 0 saturated heterocycles. The lowest BCUT2D eigenvalue weighted by Gasteiger charge is -2.12. The van der Waals surface area contributed by atoms with Crippen LogP contribution in [0, 0.1) is 19.7 Å². The van der Waals surface area contributed by atoms with E-state index < -0.39 is 15.8 Å². The molecule has 0 aliphatic rings. The lowest BCUT2D eigenvalue weighted by Crippen LogP contribution is -2.15. The topological polar surface area (TPSA) is 46.2 Å². The van der Waals surface area contributed by atoms with E-state index in [0.717, 1.165) is 17.2 Å². The Bertz CT molecular complexity index is 711. The summed E-state index contributed by atoms with van der Waals surface area (Å²) in [5.41, 5.74) is 2.25. The zero-order valence-corrected chi connectivity index (χ0v) is 11.5. The van der Waals surface area contributed by atoms with Crippen LogP contribution in [0.15, 0.2) is 47.4 Å². The van der Waals surface area contributed by atoms with Crippen molar-refractivity contribution in [2.45, 2.75) is 18.7 Å². The molecule has 0 radical (unpaired) electrons. The molecule has 0 atom stereocenters. The third-order valence-corrected chi connectivity index (χ3v) is 4.37. The molecule has 2 aromatic rings. The average Bonchev–Trinajstić information content (AvgIpc) is 2.35. The lowest BCUT2D eigenvalue weighted by molar-refractivity contribution is 0.570. The van der Waals surface area contributed by atoms with E-state index in [1.54, 1.807) is 12.1 Å². The summed E-state index contributed by atoms with van der Waals surface area (Å²) in [5.74, 6) is -0.764. The summed E-state index contributed by atoms with van der Waals surface area (Å²) in [6.07, 6.45) is 0. The first-order valence-corrected chi connectivity index (χ1v) is 7.24. The zero-order chi connectivity index (χ0) is 14.0. The standard InChI is InChI=1S/C14H14FNO2S/c1-10-6-5-8-13(11(10)2)16-19(17,18)14-9-4-3-7-12(14)15/h3-9,16H,1-2H3. The first-order valence-electron chi connectivity index (χ1n) is 5.75. The number of nitrogens with one attached hydrogen (secondary N) is 1. The van der Waals surface area contributed by atoms with Crippen LogP contribution in [0.1, 0.15) is 11.1 Å². The molecule has 0 saturated carbocycles. The quantitative estimate of drug-likeness (QED) is 0.937. The molecule has 0 amide bonds. The van der Waals surface area contributed by atoms with E-state index in [-0.39, 0.29) is 4.90 Å². The van der Waals surface area contributed by atoms with E-state index >= 15 is 0 Å². The van der Waals surface area contributed by atoms with Crippen LogP contribution in [-0.4, -0.2) is 8.42 Å². The van der Waals surface area contributed by atoms with Crippen molar-refractivity contribution in [2.24, 2.45) is 0 Å². The second-order valence-electron chi connectivity index (χ2n) is 4.28. The van der Waals surface area contributed by atoms with Gasteiger partial charge in [-0.2, -0.15) is 0 Å². The van der Waals surface area contributed by atoms with E-state index in [9.17, 15) is 12.8 Å². The van der Waals surface area contributed by atoms with Crippen LogP contribution in [0.25, 0.3) is 0 Å². The summed E-state index contributed by atoms with van der Waals surface area (Å²) in [5, 5.41) is 0. The number of hydrogen-bond donors (Lipinski definition) is 1. The summed E-state index contributed by atoms with van der Waals surface area (Å²) >= 11 is 0. The highest BCUT2D eigenvalue weighted by molar-refractivity contribution is 7.92. The fourth-order valence-electron chi connectivity index (χ4n) is 1.72. The number of hydrogen-bond acceptors (Lipinski definition) is 2. The van der Waals surface area contributed by atoms with Crippen molar-refractivity contribution in [2.75, 3.05) is 4.72 Å². The first-order chi connectivity index (χ1) is 8.92. The number of anilines is 1. The van der Waals surface area contributed by atoms with Gasteiger partial charge in [0.1, 0.15) is 10.7 Å². The van der Waals surface area contributed by atoms with Gasteiger partial charge in [-0.3, -0.25) is 4.72 Å². The van der Waals surface area contributed by atoms with Crippen molar-refractivity contribution in [3.8, 4) is 0 Å². The van der Waals surface area contributed by atoms with Crippen LogP contribution in [0.3, 0.4) is 0 Å². The van der Waals surface area contributed by atoms with Crippen LogP contribution in [0.2, 0.25) is 0 Å². The molecule has 0 aliphatic carbocycles. The van der Waals surface area contributed by atoms with Crippen molar-refractivity contribution >= 4 is 15.7 Å². The normalized spacial score (nSPS) is 11.3. The van der Waals surface area contributed by atoms with Gasteiger partial charge >= 0.3 is 0 Å². The fourth-order valence-corrected chi connectivity index (χ4v) is 2.93. The minimum Gasteiger partial charge on any atom is -0.279 e. The molecule has 100 valence electrons. The van der Waals surface area contributed by atoms with E-state index in [2.05, 4.69) is 4.72 Å². The Morgan fingerprint density at radius 3 is 2.37 bits per heavy atom. The number of sulfonamides is 1. The lowest BCUT2D eigenvalue weighted by atomic mass is 10.1. The Morgan fingerprint density at radius 1 is 1.00 bits per heavy atom. The van der Waals surface area contributed by atoms with Crippen LogP contribution in [-0.2, 0) is 10.0 Å². The van der Waals surface area contributed by atoms with Crippen molar-refractivity contribution in [3.05, 3.63) is 59.4 Å². The Labute approximate surface area is 112 Å². The Balaban J connectivity index is 2.43. The van der Waals surface area contributed by atoms with Gasteiger partial charge in [0.2, 0.25) is 0 Å². The number of rotatable bonds is 3. The number of benzene rings is 2. The average molecular weight is 279 g/mol. The molecule has 0 bridgehead atoms. The molecule has 0 fully saturated rings. The largest absolute Gasteiger partial charge is 0.279 e.